The van der Waals surface area contributed by atoms with Crippen molar-refractivity contribution in [1.82, 2.24) is 15.3 Å². The van der Waals surface area contributed by atoms with Crippen LogP contribution in [-0.2, 0) is 22.3 Å². The second-order valence-corrected chi connectivity index (χ2v) is 8.23. The summed E-state index contributed by atoms with van der Waals surface area (Å²) in [6.07, 6.45) is 7.09. The molecule has 1 fully saturated rings. The quantitative estimate of drug-likeness (QED) is 0.730. The second-order valence-electron chi connectivity index (χ2n) is 7.28. The summed E-state index contributed by atoms with van der Waals surface area (Å²) in [4.78, 5) is 9.57. The fraction of sp³-hybridized carbons (Fsp3) is 0.450. The molecule has 3 aromatic rings. The number of aromatic amines is 1. The summed E-state index contributed by atoms with van der Waals surface area (Å²) in [5.41, 5.74) is 3.61. The number of aromatic nitrogens is 2. The maximum absolute atomic E-state index is 6.43. The summed E-state index contributed by atoms with van der Waals surface area (Å²) in [6, 6.07) is 8.63. The van der Waals surface area contributed by atoms with Crippen molar-refractivity contribution in [2.45, 2.75) is 43.2 Å². The van der Waals surface area contributed by atoms with Crippen LogP contribution in [0.2, 0.25) is 0 Å². The molecular weight excluding hydrogens is 330 g/mol. The van der Waals surface area contributed by atoms with Gasteiger partial charge in [0, 0.05) is 16.5 Å². The van der Waals surface area contributed by atoms with Crippen molar-refractivity contribution < 1.29 is 4.74 Å². The Morgan fingerprint density at radius 3 is 2.84 bits per heavy atom. The molecule has 130 valence electrons. The third-order valence-corrected chi connectivity index (χ3v) is 7.32. The van der Waals surface area contributed by atoms with Crippen molar-refractivity contribution in [1.29, 1.82) is 0 Å². The van der Waals surface area contributed by atoms with Crippen molar-refractivity contribution in [3.05, 3.63) is 52.0 Å². The van der Waals surface area contributed by atoms with Crippen LogP contribution in [0.3, 0.4) is 0 Å². The minimum atomic E-state index is -0.175. The van der Waals surface area contributed by atoms with Crippen LogP contribution in [0.4, 0.5) is 0 Å². The van der Waals surface area contributed by atoms with Gasteiger partial charge in [0.25, 0.3) is 0 Å². The van der Waals surface area contributed by atoms with Crippen molar-refractivity contribution >= 4 is 22.4 Å². The molecule has 4 heterocycles. The highest BCUT2D eigenvalue weighted by atomic mass is 32.1. The first-order valence-electron chi connectivity index (χ1n) is 9.09. The number of nitrogens with zero attached hydrogens (tertiary/aromatic N) is 1. The first kappa shape index (κ1) is 15.6. The van der Waals surface area contributed by atoms with Crippen LogP contribution in [0.25, 0.3) is 11.0 Å². The molecule has 0 bridgehead atoms. The van der Waals surface area contributed by atoms with E-state index in [2.05, 4.69) is 45.9 Å². The average Bonchev–Trinajstić information content (AvgIpc) is 3.32. The van der Waals surface area contributed by atoms with Gasteiger partial charge in [-0.3, -0.25) is 0 Å². The zero-order valence-electron chi connectivity index (χ0n) is 14.5. The normalized spacial score (nSPS) is 29.2. The smallest absolute Gasteiger partial charge is 0.137 e. The Morgan fingerprint density at radius 2 is 2.08 bits per heavy atom. The summed E-state index contributed by atoms with van der Waals surface area (Å²) >= 11 is 1.86. The van der Waals surface area contributed by atoms with E-state index in [9.17, 15) is 0 Å². The van der Waals surface area contributed by atoms with Gasteiger partial charge < -0.3 is 15.0 Å². The van der Waals surface area contributed by atoms with Crippen LogP contribution < -0.4 is 5.32 Å². The monoisotopic (exact) mass is 353 g/mol. The molecule has 0 radical (unpaired) electrons. The van der Waals surface area contributed by atoms with E-state index in [1.54, 1.807) is 0 Å². The number of rotatable bonds is 2. The third kappa shape index (κ3) is 2.23. The highest BCUT2D eigenvalue weighted by Gasteiger charge is 2.48. The Morgan fingerprint density at radius 1 is 1.20 bits per heavy atom. The summed E-state index contributed by atoms with van der Waals surface area (Å²) in [5, 5.41) is 7.07. The van der Waals surface area contributed by atoms with Gasteiger partial charge in [0.2, 0.25) is 0 Å². The van der Waals surface area contributed by atoms with Crippen LogP contribution >= 0.6 is 11.3 Å². The number of pyridine rings is 1. The first-order valence-corrected chi connectivity index (χ1v) is 9.97. The predicted molar refractivity (Wildman–Crippen MR) is 101 cm³/mol. The highest BCUT2D eigenvalue weighted by Crippen LogP contribution is 2.51. The fourth-order valence-corrected chi connectivity index (χ4v) is 5.78. The zero-order valence-corrected chi connectivity index (χ0v) is 15.3. The lowest BCUT2D eigenvalue weighted by atomic mass is 9.70. The van der Waals surface area contributed by atoms with E-state index < -0.39 is 0 Å². The van der Waals surface area contributed by atoms with E-state index in [4.69, 9.17) is 4.74 Å². The lowest BCUT2D eigenvalue weighted by Gasteiger charge is -2.47. The summed E-state index contributed by atoms with van der Waals surface area (Å²) in [7, 11) is 2.09. The van der Waals surface area contributed by atoms with Gasteiger partial charge in [0.15, 0.2) is 0 Å². The summed E-state index contributed by atoms with van der Waals surface area (Å²) in [6.45, 7) is 0.806. The summed E-state index contributed by atoms with van der Waals surface area (Å²) < 4.78 is 6.43. The molecule has 5 heteroatoms. The van der Waals surface area contributed by atoms with Crippen LogP contribution in [0.5, 0.6) is 0 Å². The molecule has 3 aromatic heterocycles. The fourth-order valence-electron chi connectivity index (χ4n) is 4.79. The van der Waals surface area contributed by atoms with E-state index >= 15 is 0 Å². The molecule has 2 N–H and O–H groups in total. The molecule has 5 rings (SSSR count). The highest BCUT2D eigenvalue weighted by molar-refractivity contribution is 7.10. The molecule has 0 unspecified atom stereocenters. The number of hydrogen-bond donors (Lipinski definition) is 2. The molecule has 0 atom stereocenters. The van der Waals surface area contributed by atoms with Gasteiger partial charge in [0.05, 0.1) is 17.8 Å². The second kappa shape index (κ2) is 5.66. The van der Waals surface area contributed by atoms with E-state index in [1.165, 1.54) is 21.5 Å². The Bertz CT molecular complexity index is 891. The van der Waals surface area contributed by atoms with E-state index in [-0.39, 0.29) is 11.1 Å². The molecule has 1 spiro atoms. The Hall–Kier alpha value is -1.69. The topological polar surface area (TPSA) is 49.9 Å². The molecule has 1 aliphatic carbocycles. The van der Waals surface area contributed by atoms with Gasteiger partial charge in [-0.15, -0.1) is 11.3 Å². The van der Waals surface area contributed by atoms with Crippen LogP contribution in [0.15, 0.2) is 35.8 Å². The number of H-pyrrole nitrogens is 1. The maximum atomic E-state index is 6.43. The van der Waals surface area contributed by atoms with Gasteiger partial charge in [-0.2, -0.15) is 0 Å². The molecule has 4 nitrogen and oxygen atoms in total. The zero-order chi connectivity index (χ0) is 16.9. The van der Waals surface area contributed by atoms with Crippen LogP contribution in [0, 0.1) is 0 Å². The van der Waals surface area contributed by atoms with Crippen molar-refractivity contribution in [2.75, 3.05) is 13.7 Å². The van der Waals surface area contributed by atoms with Crippen molar-refractivity contribution in [2.24, 2.45) is 0 Å². The maximum Gasteiger partial charge on any atom is 0.137 e. The van der Waals surface area contributed by atoms with Gasteiger partial charge in [-0.1, -0.05) is 6.07 Å². The molecule has 0 saturated heterocycles. The first-order chi connectivity index (χ1) is 12.3. The lowest BCUT2D eigenvalue weighted by Crippen LogP contribution is -2.49. The Kier molecular flexibility index (Phi) is 3.52. The molecule has 1 aliphatic heterocycles. The Balaban J connectivity index is 1.53. The number of hydrogen-bond acceptors (Lipinski definition) is 4. The predicted octanol–water partition coefficient (Wildman–Crippen LogP) is 4.08. The van der Waals surface area contributed by atoms with E-state index in [0.29, 0.717) is 0 Å². The average molecular weight is 353 g/mol. The van der Waals surface area contributed by atoms with Gasteiger partial charge in [0.1, 0.15) is 11.2 Å². The molecule has 0 amide bonds. The van der Waals surface area contributed by atoms with E-state index in [1.807, 2.05) is 23.6 Å². The molecule has 0 aromatic carbocycles. The lowest BCUT2D eigenvalue weighted by molar-refractivity contribution is -0.101. The SMILES string of the molecule is CNC1(c2cccs2)CCC2(CC1)OCCc1c2[nH]c2ncccc12. The molecule has 25 heavy (non-hydrogen) atoms. The molecular formula is C20H23N3OS. The van der Waals surface area contributed by atoms with Crippen LogP contribution in [-0.4, -0.2) is 23.6 Å². The third-order valence-electron chi connectivity index (χ3n) is 6.25. The number of ether oxygens (including phenoxy) is 1. The van der Waals surface area contributed by atoms with Crippen molar-refractivity contribution in [3.63, 3.8) is 0 Å². The standard InChI is InChI=1S/C20H23N3OS/c1-21-19(16-5-3-13-25-16)7-9-20(10-8-19)17-14(6-12-24-20)15-4-2-11-22-18(15)23-17/h2-5,11,13,21H,6-10,12H2,1H3,(H,22,23). The number of thiophene rings is 1. The summed E-state index contributed by atoms with van der Waals surface area (Å²) in [5.74, 6) is 0. The van der Waals surface area contributed by atoms with Gasteiger partial charge in [-0.05, 0) is 68.3 Å². The van der Waals surface area contributed by atoms with Crippen LogP contribution in [0.1, 0.15) is 41.8 Å². The van der Waals surface area contributed by atoms with Gasteiger partial charge >= 0.3 is 0 Å². The molecule has 2 aliphatic rings. The number of nitrogens with one attached hydrogen (secondary N) is 2. The molecule has 1 saturated carbocycles. The minimum absolute atomic E-state index is 0.0879. The Labute approximate surface area is 151 Å². The number of fused-ring (bicyclic) bond motifs is 4. The van der Waals surface area contributed by atoms with E-state index in [0.717, 1.165) is 44.4 Å². The van der Waals surface area contributed by atoms with Gasteiger partial charge in [-0.25, -0.2) is 4.98 Å². The largest absolute Gasteiger partial charge is 0.368 e. The minimum Gasteiger partial charge on any atom is -0.368 e. The van der Waals surface area contributed by atoms with Crippen molar-refractivity contribution in [3.8, 4) is 0 Å².